The lowest BCUT2D eigenvalue weighted by atomic mass is 9.66. The third-order valence-electron chi connectivity index (χ3n) is 5.00. The summed E-state index contributed by atoms with van der Waals surface area (Å²) >= 11 is 0. The van der Waals surface area contributed by atoms with Gasteiger partial charge in [0.2, 0.25) is 0 Å². The molecule has 136 valence electrons. The molecule has 24 heavy (non-hydrogen) atoms. The summed E-state index contributed by atoms with van der Waals surface area (Å²) in [5.74, 6) is 1.19. The number of benzene rings is 1. The monoisotopic (exact) mass is 332 g/mol. The van der Waals surface area contributed by atoms with E-state index in [1.54, 1.807) is 0 Å². The van der Waals surface area contributed by atoms with E-state index in [2.05, 4.69) is 55.4 Å². The molecule has 2 nitrogen and oxygen atoms in total. The van der Waals surface area contributed by atoms with E-state index in [1.165, 1.54) is 0 Å². The number of para-hydroxylation sites is 1. The lowest BCUT2D eigenvalue weighted by Crippen LogP contribution is -2.33. The largest absolute Gasteiger partial charge is 0.426 e. The Balaban J connectivity index is 2.80. The van der Waals surface area contributed by atoms with Crippen LogP contribution in [0.15, 0.2) is 30.3 Å². The number of rotatable bonds is 7. The average Bonchev–Trinajstić information content (AvgIpc) is 2.42. The van der Waals surface area contributed by atoms with Gasteiger partial charge in [0.1, 0.15) is 5.75 Å². The first-order valence-electron chi connectivity index (χ1n) is 9.19. The van der Waals surface area contributed by atoms with Gasteiger partial charge in [-0.25, -0.2) is 0 Å². The minimum Gasteiger partial charge on any atom is -0.426 e. The summed E-state index contributed by atoms with van der Waals surface area (Å²) in [4.78, 5) is 12.7. The second-order valence-corrected chi connectivity index (χ2v) is 9.45. The van der Waals surface area contributed by atoms with Crippen LogP contribution in [0.5, 0.6) is 5.75 Å². The summed E-state index contributed by atoms with van der Waals surface area (Å²) < 4.78 is 5.61. The summed E-state index contributed by atoms with van der Waals surface area (Å²) in [5.41, 5.74) is 0.480. The Morgan fingerprint density at radius 2 is 1.54 bits per heavy atom. The van der Waals surface area contributed by atoms with Gasteiger partial charge in [-0.2, -0.15) is 0 Å². The minimum absolute atomic E-state index is 0.0700. The van der Waals surface area contributed by atoms with Crippen molar-refractivity contribution in [2.24, 2.45) is 28.6 Å². The molecule has 1 rings (SSSR count). The van der Waals surface area contributed by atoms with Crippen molar-refractivity contribution in [3.63, 3.8) is 0 Å². The van der Waals surface area contributed by atoms with Gasteiger partial charge < -0.3 is 4.74 Å². The van der Waals surface area contributed by atoms with Crippen LogP contribution in [0.4, 0.5) is 0 Å². The van der Waals surface area contributed by atoms with Crippen LogP contribution in [0.3, 0.4) is 0 Å². The molecule has 0 heterocycles. The van der Waals surface area contributed by atoms with Crippen LogP contribution in [0, 0.1) is 28.6 Å². The number of carbonyl (C=O) groups excluding carboxylic acids is 1. The summed E-state index contributed by atoms with van der Waals surface area (Å²) in [6.07, 6.45) is 2.01. The lowest BCUT2D eigenvalue weighted by Gasteiger charge is -2.39. The van der Waals surface area contributed by atoms with E-state index in [0.717, 1.165) is 12.8 Å². The number of carbonyl (C=O) groups is 1. The van der Waals surface area contributed by atoms with Crippen molar-refractivity contribution >= 4 is 5.97 Å². The minimum atomic E-state index is -0.102. The van der Waals surface area contributed by atoms with Gasteiger partial charge >= 0.3 is 5.97 Å². The second-order valence-electron chi connectivity index (χ2n) is 9.45. The van der Waals surface area contributed by atoms with Crippen molar-refractivity contribution in [3.05, 3.63) is 30.3 Å². The molecule has 0 spiro atoms. The van der Waals surface area contributed by atoms with Crippen LogP contribution in [0.2, 0.25) is 0 Å². The third kappa shape index (κ3) is 6.67. The molecular formula is C22H36O2. The Morgan fingerprint density at radius 3 is 2.00 bits per heavy atom. The zero-order valence-corrected chi connectivity index (χ0v) is 16.8. The maximum absolute atomic E-state index is 12.7. The molecule has 0 amide bonds. The maximum atomic E-state index is 12.7. The van der Waals surface area contributed by atoms with Crippen molar-refractivity contribution in [1.82, 2.24) is 0 Å². The van der Waals surface area contributed by atoms with Crippen molar-refractivity contribution in [3.8, 4) is 5.75 Å². The SMILES string of the molecule is CC(C)C(CC(C)C(C)(C)CC(C)(C)C)C(=O)Oc1ccccc1. The Kier molecular flexibility index (Phi) is 7.07. The molecule has 2 atom stereocenters. The van der Waals surface area contributed by atoms with Crippen LogP contribution in [0.1, 0.15) is 68.2 Å². The lowest BCUT2D eigenvalue weighted by molar-refractivity contribution is -0.141. The Morgan fingerprint density at radius 1 is 1.00 bits per heavy atom. The summed E-state index contributed by atoms with van der Waals surface area (Å²) in [6.45, 7) is 18.0. The molecule has 0 saturated heterocycles. The highest BCUT2D eigenvalue weighted by Crippen LogP contribution is 2.42. The fourth-order valence-corrected chi connectivity index (χ4v) is 3.56. The summed E-state index contributed by atoms with van der Waals surface area (Å²) in [5, 5.41) is 0. The molecule has 1 aromatic carbocycles. The first-order chi connectivity index (χ1) is 10.9. The molecule has 0 aliphatic heterocycles. The standard InChI is InChI=1S/C22H36O2/c1-16(2)19(20(23)24-18-12-10-9-11-13-18)14-17(3)22(7,8)15-21(4,5)6/h9-13,16-17,19H,14-15H2,1-8H3. The van der Waals surface area contributed by atoms with Crippen LogP contribution < -0.4 is 4.74 Å². The molecule has 0 saturated carbocycles. The van der Waals surface area contributed by atoms with E-state index < -0.39 is 0 Å². The highest BCUT2D eigenvalue weighted by Gasteiger charge is 2.35. The molecule has 0 aliphatic rings. The van der Waals surface area contributed by atoms with Crippen molar-refractivity contribution in [2.75, 3.05) is 0 Å². The van der Waals surface area contributed by atoms with Gasteiger partial charge in [-0.3, -0.25) is 4.79 Å². The van der Waals surface area contributed by atoms with Gasteiger partial charge in [0.05, 0.1) is 5.92 Å². The Labute approximate surface area is 149 Å². The first kappa shape index (κ1) is 20.7. The molecule has 0 radical (unpaired) electrons. The van der Waals surface area contributed by atoms with Gasteiger partial charge in [0.25, 0.3) is 0 Å². The van der Waals surface area contributed by atoms with Crippen LogP contribution in [0.25, 0.3) is 0 Å². The quantitative estimate of drug-likeness (QED) is 0.429. The van der Waals surface area contributed by atoms with Gasteiger partial charge in [-0.15, -0.1) is 0 Å². The Bertz CT molecular complexity index is 509. The number of hydrogen-bond donors (Lipinski definition) is 0. The average molecular weight is 333 g/mol. The molecule has 0 aliphatic carbocycles. The highest BCUT2D eigenvalue weighted by molar-refractivity contribution is 5.75. The summed E-state index contributed by atoms with van der Waals surface area (Å²) in [6, 6.07) is 9.38. The van der Waals surface area contributed by atoms with Crippen molar-refractivity contribution in [2.45, 2.75) is 68.2 Å². The Hall–Kier alpha value is -1.31. The predicted molar refractivity (Wildman–Crippen MR) is 102 cm³/mol. The molecule has 0 fully saturated rings. The van der Waals surface area contributed by atoms with Gasteiger partial charge in [-0.05, 0) is 47.6 Å². The highest BCUT2D eigenvalue weighted by atomic mass is 16.5. The van der Waals surface area contributed by atoms with E-state index in [-0.39, 0.29) is 28.6 Å². The normalized spacial score (nSPS) is 15.2. The first-order valence-corrected chi connectivity index (χ1v) is 9.19. The molecular weight excluding hydrogens is 296 g/mol. The predicted octanol–water partition coefficient (Wildman–Crippen LogP) is 6.35. The fraction of sp³-hybridized carbons (Fsp3) is 0.682. The molecule has 2 heteroatoms. The summed E-state index contributed by atoms with van der Waals surface area (Å²) in [7, 11) is 0. The fourth-order valence-electron chi connectivity index (χ4n) is 3.56. The zero-order valence-electron chi connectivity index (χ0n) is 16.8. The van der Waals surface area contributed by atoms with Crippen molar-refractivity contribution in [1.29, 1.82) is 0 Å². The van der Waals surface area contributed by atoms with Crippen molar-refractivity contribution < 1.29 is 9.53 Å². The zero-order chi connectivity index (χ0) is 18.5. The van der Waals surface area contributed by atoms with Gasteiger partial charge in [0.15, 0.2) is 0 Å². The molecule has 0 N–H and O–H groups in total. The van der Waals surface area contributed by atoms with Gasteiger partial charge in [-0.1, -0.05) is 73.6 Å². The van der Waals surface area contributed by atoms with E-state index >= 15 is 0 Å². The number of hydrogen-bond acceptors (Lipinski definition) is 2. The van der Waals surface area contributed by atoms with Crippen LogP contribution in [-0.2, 0) is 4.79 Å². The number of ether oxygens (including phenoxy) is 1. The molecule has 1 aromatic rings. The van der Waals surface area contributed by atoms with Gasteiger partial charge in [0, 0.05) is 0 Å². The van der Waals surface area contributed by atoms with E-state index in [0.29, 0.717) is 11.7 Å². The second kappa shape index (κ2) is 8.18. The maximum Gasteiger partial charge on any atom is 0.314 e. The number of esters is 1. The molecule has 0 aromatic heterocycles. The topological polar surface area (TPSA) is 26.3 Å². The van der Waals surface area contributed by atoms with Crippen LogP contribution >= 0.6 is 0 Å². The third-order valence-corrected chi connectivity index (χ3v) is 5.00. The van der Waals surface area contributed by atoms with E-state index in [9.17, 15) is 4.79 Å². The van der Waals surface area contributed by atoms with E-state index in [4.69, 9.17) is 4.74 Å². The smallest absolute Gasteiger partial charge is 0.314 e. The molecule has 2 unspecified atom stereocenters. The van der Waals surface area contributed by atoms with Crippen LogP contribution in [-0.4, -0.2) is 5.97 Å². The van der Waals surface area contributed by atoms with E-state index in [1.807, 2.05) is 30.3 Å². The molecule has 0 bridgehead atoms.